The summed E-state index contributed by atoms with van der Waals surface area (Å²) in [6.07, 6.45) is 1.30. The Morgan fingerprint density at radius 2 is 2.10 bits per heavy atom. The number of aromatic nitrogens is 1. The summed E-state index contributed by atoms with van der Waals surface area (Å²) < 4.78 is 28.5. The van der Waals surface area contributed by atoms with Crippen LogP contribution in [0.1, 0.15) is 16.1 Å². The maximum absolute atomic E-state index is 12.1. The molecule has 0 bridgehead atoms. The molecule has 1 amide bonds. The molecule has 0 aliphatic heterocycles. The van der Waals surface area contributed by atoms with E-state index in [9.17, 15) is 18.4 Å². The highest BCUT2D eigenvalue weighted by Gasteiger charge is 2.11. The van der Waals surface area contributed by atoms with Crippen LogP contribution in [0.2, 0.25) is 0 Å². The number of hydrogen-bond donors (Lipinski definition) is 2. The summed E-state index contributed by atoms with van der Waals surface area (Å²) in [7, 11) is 0. The lowest BCUT2D eigenvalue weighted by Crippen LogP contribution is -2.21. The molecule has 0 aliphatic carbocycles. The average molecular weight is 294 g/mol. The molecule has 0 saturated heterocycles. The van der Waals surface area contributed by atoms with Gasteiger partial charge in [0.05, 0.1) is 0 Å². The van der Waals surface area contributed by atoms with E-state index in [0.717, 1.165) is 0 Å². The summed E-state index contributed by atoms with van der Waals surface area (Å²) in [6, 6.07) is 6.82. The third-order valence-corrected chi connectivity index (χ3v) is 2.62. The lowest BCUT2D eigenvalue weighted by molar-refractivity contribution is -0.0497. The Morgan fingerprint density at radius 3 is 2.76 bits per heavy atom. The van der Waals surface area contributed by atoms with Gasteiger partial charge in [0.25, 0.3) is 5.91 Å². The van der Waals surface area contributed by atoms with Crippen LogP contribution in [0, 0.1) is 6.92 Å². The van der Waals surface area contributed by atoms with Crippen LogP contribution in [-0.4, -0.2) is 17.5 Å². The van der Waals surface area contributed by atoms with Crippen molar-refractivity contribution in [3.05, 3.63) is 58.0 Å². The van der Waals surface area contributed by atoms with Crippen molar-refractivity contribution < 1.29 is 18.3 Å². The summed E-state index contributed by atoms with van der Waals surface area (Å²) in [5.41, 5.74) is 0.381. The Hall–Kier alpha value is -2.70. The van der Waals surface area contributed by atoms with Crippen molar-refractivity contribution in [2.24, 2.45) is 0 Å². The van der Waals surface area contributed by atoms with Gasteiger partial charge < -0.3 is 15.0 Å². The fourth-order valence-electron chi connectivity index (χ4n) is 1.70. The highest BCUT2D eigenvalue weighted by molar-refractivity contribution is 6.04. The summed E-state index contributed by atoms with van der Waals surface area (Å²) in [5, 5.41) is 2.45. The standard InChI is InChI=1S/C14H12F2N2O3/c1-8-5-12(19)11(7-17-8)13(20)18-9-3-2-4-10(6-9)21-14(15)16/h2-7,14H,1H3,(H,17,19)(H,18,20). The number of halogens is 2. The first kappa shape index (κ1) is 14.7. The lowest BCUT2D eigenvalue weighted by atomic mass is 10.2. The molecule has 0 radical (unpaired) electrons. The van der Waals surface area contributed by atoms with E-state index in [0.29, 0.717) is 5.69 Å². The maximum atomic E-state index is 12.1. The third-order valence-electron chi connectivity index (χ3n) is 2.62. The zero-order valence-electron chi connectivity index (χ0n) is 11.0. The largest absolute Gasteiger partial charge is 0.435 e. The molecule has 0 unspecified atom stereocenters. The average Bonchev–Trinajstić information content (AvgIpc) is 2.37. The van der Waals surface area contributed by atoms with E-state index in [1.54, 1.807) is 6.92 Å². The smallest absolute Gasteiger partial charge is 0.387 e. The van der Waals surface area contributed by atoms with E-state index < -0.39 is 17.9 Å². The number of carbonyl (C=O) groups is 1. The molecule has 1 heterocycles. The van der Waals surface area contributed by atoms with Gasteiger partial charge in [-0.15, -0.1) is 0 Å². The van der Waals surface area contributed by atoms with Gasteiger partial charge in [0, 0.05) is 29.7 Å². The Kier molecular flexibility index (Phi) is 4.32. The predicted molar refractivity (Wildman–Crippen MR) is 72.8 cm³/mol. The second-order valence-corrected chi connectivity index (χ2v) is 4.25. The number of ether oxygens (including phenoxy) is 1. The minimum Gasteiger partial charge on any atom is -0.435 e. The molecule has 2 N–H and O–H groups in total. The molecule has 2 rings (SSSR count). The van der Waals surface area contributed by atoms with Crippen molar-refractivity contribution in [2.45, 2.75) is 13.5 Å². The predicted octanol–water partition coefficient (Wildman–Crippen LogP) is 2.54. The van der Waals surface area contributed by atoms with Crippen molar-refractivity contribution in [1.29, 1.82) is 0 Å². The van der Waals surface area contributed by atoms with E-state index in [-0.39, 0.29) is 17.0 Å². The van der Waals surface area contributed by atoms with Crippen molar-refractivity contribution in [2.75, 3.05) is 5.32 Å². The Balaban J connectivity index is 2.17. The first-order valence-corrected chi connectivity index (χ1v) is 6.01. The lowest BCUT2D eigenvalue weighted by Gasteiger charge is -2.08. The number of amides is 1. The fourth-order valence-corrected chi connectivity index (χ4v) is 1.70. The second kappa shape index (κ2) is 6.17. The molecule has 0 fully saturated rings. The quantitative estimate of drug-likeness (QED) is 0.910. The first-order chi connectivity index (χ1) is 9.95. The minimum atomic E-state index is -2.95. The molecule has 2 aromatic rings. The summed E-state index contributed by atoms with van der Waals surface area (Å²) in [4.78, 5) is 26.4. The van der Waals surface area contributed by atoms with Crippen LogP contribution >= 0.6 is 0 Å². The zero-order chi connectivity index (χ0) is 15.4. The number of alkyl halides is 2. The molecular formula is C14H12F2N2O3. The molecule has 0 atom stereocenters. The van der Waals surface area contributed by atoms with Gasteiger partial charge in [-0.2, -0.15) is 8.78 Å². The van der Waals surface area contributed by atoms with E-state index in [1.165, 1.54) is 36.5 Å². The van der Waals surface area contributed by atoms with E-state index in [4.69, 9.17) is 0 Å². The Bertz CT molecular complexity index is 713. The number of nitrogens with one attached hydrogen (secondary N) is 2. The molecular weight excluding hydrogens is 282 g/mol. The molecule has 0 saturated carbocycles. The van der Waals surface area contributed by atoms with E-state index >= 15 is 0 Å². The van der Waals surface area contributed by atoms with Gasteiger partial charge in [0.15, 0.2) is 5.43 Å². The van der Waals surface area contributed by atoms with Crippen LogP contribution in [0.4, 0.5) is 14.5 Å². The Labute approximate surface area is 118 Å². The maximum Gasteiger partial charge on any atom is 0.387 e. The first-order valence-electron chi connectivity index (χ1n) is 6.01. The minimum absolute atomic E-state index is 0.0687. The van der Waals surface area contributed by atoms with Crippen LogP contribution in [-0.2, 0) is 0 Å². The van der Waals surface area contributed by atoms with Crippen molar-refractivity contribution in [3.8, 4) is 5.75 Å². The summed E-state index contributed by atoms with van der Waals surface area (Å²) in [6.45, 7) is -1.26. The number of hydrogen-bond acceptors (Lipinski definition) is 3. The molecule has 0 aliphatic rings. The number of anilines is 1. The molecule has 1 aromatic heterocycles. The fraction of sp³-hybridized carbons (Fsp3) is 0.143. The second-order valence-electron chi connectivity index (χ2n) is 4.25. The van der Waals surface area contributed by atoms with E-state index in [1.807, 2.05) is 0 Å². The van der Waals surface area contributed by atoms with Gasteiger partial charge >= 0.3 is 6.61 Å². The number of benzene rings is 1. The van der Waals surface area contributed by atoms with Crippen LogP contribution in [0.25, 0.3) is 0 Å². The normalized spacial score (nSPS) is 10.5. The number of carbonyl (C=O) groups excluding carboxylic acids is 1. The van der Waals surface area contributed by atoms with Crippen LogP contribution < -0.4 is 15.5 Å². The van der Waals surface area contributed by atoms with Crippen molar-refractivity contribution >= 4 is 11.6 Å². The highest BCUT2D eigenvalue weighted by Crippen LogP contribution is 2.19. The molecule has 1 aromatic carbocycles. The topological polar surface area (TPSA) is 71.2 Å². The van der Waals surface area contributed by atoms with Crippen molar-refractivity contribution in [3.63, 3.8) is 0 Å². The molecule has 110 valence electrons. The van der Waals surface area contributed by atoms with Gasteiger partial charge in [0.2, 0.25) is 0 Å². The van der Waals surface area contributed by atoms with Gasteiger partial charge in [0.1, 0.15) is 11.3 Å². The van der Waals surface area contributed by atoms with Crippen molar-refractivity contribution in [1.82, 2.24) is 4.98 Å². The summed E-state index contributed by atoms with van der Waals surface area (Å²) >= 11 is 0. The SMILES string of the molecule is Cc1cc(=O)c(C(=O)Nc2cccc(OC(F)F)c2)c[nH]1. The number of aromatic amines is 1. The van der Waals surface area contributed by atoms with E-state index in [2.05, 4.69) is 15.0 Å². The molecule has 5 nitrogen and oxygen atoms in total. The van der Waals surface area contributed by atoms with Crippen LogP contribution in [0.3, 0.4) is 0 Å². The number of rotatable bonds is 4. The summed E-state index contributed by atoms with van der Waals surface area (Å²) in [5.74, 6) is -0.717. The third kappa shape index (κ3) is 3.88. The number of aryl methyl sites for hydroxylation is 1. The molecule has 7 heteroatoms. The number of pyridine rings is 1. The van der Waals surface area contributed by atoms with Gasteiger partial charge in [-0.3, -0.25) is 9.59 Å². The van der Waals surface area contributed by atoms with Crippen LogP contribution in [0.5, 0.6) is 5.75 Å². The van der Waals surface area contributed by atoms with Gasteiger partial charge in [-0.05, 0) is 19.1 Å². The highest BCUT2D eigenvalue weighted by atomic mass is 19.3. The molecule has 0 spiro atoms. The zero-order valence-corrected chi connectivity index (χ0v) is 11.0. The Morgan fingerprint density at radius 1 is 1.33 bits per heavy atom. The molecule has 21 heavy (non-hydrogen) atoms. The van der Waals surface area contributed by atoms with Gasteiger partial charge in [-0.25, -0.2) is 0 Å². The van der Waals surface area contributed by atoms with Gasteiger partial charge in [-0.1, -0.05) is 6.07 Å². The number of H-pyrrole nitrogens is 1. The van der Waals surface area contributed by atoms with Crippen LogP contribution in [0.15, 0.2) is 41.3 Å². The monoisotopic (exact) mass is 294 g/mol.